The first-order valence-corrected chi connectivity index (χ1v) is 8.00. The quantitative estimate of drug-likeness (QED) is 0.851. The summed E-state index contributed by atoms with van der Waals surface area (Å²) >= 11 is 5.15. The van der Waals surface area contributed by atoms with Crippen LogP contribution in [0, 0.1) is 0 Å². The van der Waals surface area contributed by atoms with Gasteiger partial charge in [0.05, 0.1) is 17.4 Å². The molecule has 0 radical (unpaired) electrons. The number of benzene rings is 1. The van der Waals surface area contributed by atoms with Gasteiger partial charge in [0.1, 0.15) is 5.03 Å². The fourth-order valence-corrected chi connectivity index (χ4v) is 4.14. The Morgan fingerprint density at radius 3 is 3.15 bits per heavy atom. The Labute approximate surface area is 128 Å². The van der Waals surface area contributed by atoms with Gasteiger partial charge >= 0.3 is 6.03 Å². The highest BCUT2D eigenvalue weighted by atomic mass is 79.9. The number of urea groups is 1. The molecule has 1 atom stereocenters. The molecule has 4 nitrogen and oxygen atoms in total. The van der Waals surface area contributed by atoms with Gasteiger partial charge < -0.3 is 5.32 Å². The number of halogens is 1. The predicted molar refractivity (Wildman–Crippen MR) is 82.5 cm³/mol. The number of carbonyl (C=O) groups is 1. The van der Waals surface area contributed by atoms with Crippen molar-refractivity contribution in [3.63, 3.8) is 0 Å². The smallest absolute Gasteiger partial charge is 0.327 e. The van der Waals surface area contributed by atoms with Gasteiger partial charge in [-0.1, -0.05) is 22.0 Å². The molecule has 0 aliphatic carbocycles. The fraction of sp³-hybridized carbons (Fsp3) is 0.143. The van der Waals surface area contributed by atoms with Crippen LogP contribution in [0.25, 0.3) is 0 Å². The summed E-state index contributed by atoms with van der Waals surface area (Å²) in [6.45, 7) is 0. The molecule has 20 heavy (non-hydrogen) atoms. The van der Waals surface area contributed by atoms with Crippen LogP contribution in [0.5, 0.6) is 0 Å². The van der Waals surface area contributed by atoms with Crippen LogP contribution >= 0.6 is 27.7 Å². The summed E-state index contributed by atoms with van der Waals surface area (Å²) in [5.41, 5.74) is 2.92. The van der Waals surface area contributed by atoms with Crippen molar-refractivity contribution < 1.29 is 4.79 Å². The fourth-order valence-electron chi connectivity index (χ4n) is 2.64. The largest absolute Gasteiger partial charge is 0.330 e. The van der Waals surface area contributed by atoms with E-state index in [1.54, 1.807) is 22.9 Å². The third-order valence-electron chi connectivity index (χ3n) is 3.47. The van der Waals surface area contributed by atoms with E-state index in [1.807, 2.05) is 30.3 Å². The summed E-state index contributed by atoms with van der Waals surface area (Å²) in [6.07, 6.45) is 1.77. The lowest BCUT2D eigenvalue weighted by Crippen LogP contribution is -2.44. The van der Waals surface area contributed by atoms with Crippen molar-refractivity contribution in [2.24, 2.45) is 0 Å². The molecule has 1 aromatic carbocycles. The number of amides is 2. The van der Waals surface area contributed by atoms with Crippen molar-refractivity contribution in [3.8, 4) is 0 Å². The van der Waals surface area contributed by atoms with Crippen LogP contribution in [0.1, 0.15) is 11.6 Å². The minimum atomic E-state index is -0.0831. The molecule has 1 aromatic heterocycles. The number of nitrogens with one attached hydrogen (secondary N) is 1. The zero-order chi connectivity index (χ0) is 13.7. The lowest BCUT2D eigenvalue weighted by molar-refractivity contribution is 0.244. The van der Waals surface area contributed by atoms with E-state index in [0.29, 0.717) is 0 Å². The van der Waals surface area contributed by atoms with E-state index in [9.17, 15) is 4.79 Å². The zero-order valence-electron chi connectivity index (χ0n) is 10.3. The molecule has 1 unspecified atom stereocenters. The first kappa shape index (κ1) is 12.2. The van der Waals surface area contributed by atoms with Crippen molar-refractivity contribution in [3.05, 3.63) is 46.6 Å². The van der Waals surface area contributed by atoms with Gasteiger partial charge in [-0.2, -0.15) is 0 Å². The SMILES string of the molecule is O=C1NC2CSc3nccc(c32)N1c1cccc(Br)c1. The van der Waals surface area contributed by atoms with Crippen LogP contribution in [0.4, 0.5) is 16.2 Å². The van der Waals surface area contributed by atoms with Crippen molar-refractivity contribution in [2.45, 2.75) is 11.1 Å². The second-order valence-electron chi connectivity index (χ2n) is 4.68. The van der Waals surface area contributed by atoms with Crippen LogP contribution in [0.15, 0.2) is 46.0 Å². The maximum atomic E-state index is 12.4. The van der Waals surface area contributed by atoms with Crippen molar-refractivity contribution in [2.75, 3.05) is 10.7 Å². The van der Waals surface area contributed by atoms with Gasteiger partial charge in [0, 0.05) is 22.0 Å². The lowest BCUT2D eigenvalue weighted by Gasteiger charge is -2.32. The summed E-state index contributed by atoms with van der Waals surface area (Å²) in [6, 6.07) is 9.65. The topological polar surface area (TPSA) is 45.2 Å². The Morgan fingerprint density at radius 1 is 1.40 bits per heavy atom. The summed E-state index contributed by atoms with van der Waals surface area (Å²) in [5.74, 6) is 0.859. The molecule has 4 rings (SSSR count). The van der Waals surface area contributed by atoms with Gasteiger partial charge in [-0.05, 0) is 24.3 Å². The molecular weight excluding hydrogens is 338 g/mol. The normalized spacial score (nSPS) is 19.8. The van der Waals surface area contributed by atoms with Crippen LogP contribution in [-0.2, 0) is 0 Å². The maximum Gasteiger partial charge on any atom is 0.327 e. The van der Waals surface area contributed by atoms with E-state index in [2.05, 4.69) is 26.2 Å². The molecule has 3 heterocycles. The van der Waals surface area contributed by atoms with E-state index in [0.717, 1.165) is 32.2 Å². The van der Waals surface area contributed by atoms with Crippen molar-refractivity contribution in [1.29, 1.82) is 0 Å². The van der Waals surface area contributed by atoms with Gasteiger partial charge in [0.2, 0.25) is 0 Å². The van der Waals surface area contributed by atoms with E-state index < -0.39 is 0 Å². The number of carbonyl (C=O) groups excluding carboxylic acids is 1. The monoisotopic (exact) mass is 347 g/mol. The molecule has 2 aromatic rings. The van der Waals surface area contributed by atoms with Gasteiger partial charge in [0.25, 0.3) is 0 Å². The highest BCUT2D eigenvalue weighted by Crippen LogP contribution is 2.46. The molecule has 0 saturated carbocycles. The molecule has 2 aliphatic heterocycles. The Bertz CT molecular complexity index is 721. The van der Waals surface area contributed by atoms with Gasteiger partial charge in [-0.3, -0.25) is 4.90 Å². The number of hydrogen-bond donors (Lipinski definition) is 1. The molecule has 1 N–H and O–H groups in total. The van der Waals surface area contributed by atoms with E-state index in [-0.39, 0.29) is 12.1 Å². The average Bonchev–Trinajstić information content (AvgIpc) is 2.83. The van der Waals surface area contributed by atoms with E-state index >= 15 is 0 Å². The van der Waals surface area contributed by atoms with Crippen molar-refractivity contribution >= 4 is 45.1 Å². The lowest BCUT2D eigenvalue weighted by atomic mass is 10.1. The summed E-state index contributed by atoms with van der Waals surface area (Å²) in [7, 11) is 0. The second kappa shape index (κ2) is 4.49. The van der Waals surface area contributed by atoms with Gasteiger partial charge in [-0.25, -0.2) is 9.78 Å². The molecule has 2 amide bonds. The predicted octanol–water partition coefficient (Wildman–Crippen LogP) is 3.85. The standard InChI is InChI=1S/C14H10BrN3OS/c15-8-2-1-3-9(6-8)18-11-4-5-16-13-12(11)10(7-20-13)17-14(18)19/h1-6,10H,7H2,(H,17,19). The van der Waals surface area contributed by atoms with E-state index in [4.69, 9.17) is 0 Å². The first-order chi connectivity index (χ1) is 9.74. The third-order valence-corrected chi connectivity index (χ3v) is 5.07. The van der Waals surface area contributed by atoms with Crippen LogP contribution in [0.2, 0.25) is 0 Å². The average molecular weight is 348 g/mol. The maximum absolute atomic E-state index is 12.4. The molecule has 0 spiro atoms. The highest BCUT2D eigenvalue weighted by Gasteiger charge is 2.37. The Balaban J connectivity index is 1.91. The molecular formula is C14H10BrN3OS. The number of pyridine rings is 1. The number of aromatic nitrogens is 1. The Morgan fingerprint density at radius 2 is 2.30 bits per heavy atom. The van der Waals surface area contributed by atoms with Crippen LogP contribution in [0.3, 0.4) is 0 Å². The summed E-state index contributed by atoms with van der Waals surface area (Å²) in [5, 5.41) is 4.07. The molecule has 2 aliphatic rings. The molecule has 0 fully saturated rings. The summed E-state index contributed by atoms with van der Waals surface area (Å²) < 4.78 is 0.949. The van der Waals surface area contributed by atoms with Gasteiger partial charge in [-0.15, -0.1) is 11.8 Å². The number of thioether (sulfide) groups is 1. The number of anilines is 2. The molecule has 100 valence electrons. The zero-order valence-corrected chi connectivity index (χ0v) is 12.7. The number of rotatable bonds is 1. The first-order valence-electron chi connectivity index (χ1n) is 6.22. The minimum Gasteiger partial charge on any atom is -0.330 e. The molecule has 0 bridgehead atoms. The minimum absolute atomic E-state index is 0.0783. The van der Waals surface area contributed by atoms with Gasteiger partial charge in [0.15, 0.2) is 0 Å². The molecule has 0 saturated heterocycles. The third kappa shape index (κ3) is 1.75. The second-order valence-corrected chi connectivity index (χ2v) is 6.60. The highest BCUT2D eigenvalue weighted by molar-refractivity contribution is 9.10. The van der Waals surface area contributed by atoms with Crippen molar-refractivity contribution in [1.82, 2.24) is 10.3 Å². The summed E-state index contributed by atoms with van der Waals surface area (Å²) in [4.78, 5) is 18.5. The number of nitrogens with zero attached hydrogens (tertiary/aromatic N) is 2. The van der Waals surface area contributed by atoms with E-state index in [1.165, 1.54) is 0 Å². The van der Waals surface area contributed by atoms with Crippen LogP contribution in [-0.4, -0.2) is 16.8 Å². The van der Waals surface area contributed by atoms with Crippen LogP contribution < -0.4 is 10.2 Å². The molecule has 6 heteroatoms. The Kier molecular flexibility index (Phi) is 2.75. The Hall–Kier alpha value is -1.53. The number of hydrogen-bond acceptors (Lipinski definition) is 3.